The zero-order valence-electron chi connectivity index (χ0n) is 14.4. The molecule has 1 heterocycles. The number of nitrogens with one attached hydrogen (secondary N) is 3. The molecule has 2 amide bonds. The maximum Gasteiger partial charge on any atom is 0.277 e. The van der Waals surface area contributed by atoms with Crippen LogP contribution in [0.4, 0.5) is 5.69 Å². The SMILES string of the molecule is CO/C(NC(C)=O)=C1/N[C@@H](c2ccccc2O)c2ccccc2NC1=O. The van der Waals surface area contributed by atoms with E-state index in [9.17, 15) is 14.7 Å². The first kappa shape index (κ1) is 17.3. The van der Waals surface area contributed by atoms with Crippen molar-refractivity contribution in [1.82, 2.24) is 10.6 Å². The number of rotatable bonds is 3. The number of fused-ring (bicyclic) bond motifs is 1. The highest BCUT2D eigenvalue weighted by Crippen LogP contribution is 2.36. The summed E-state index contributed by atoms with van der Waals surface area (Å²) in [5, 5.41) is 18.7. The van der Waals surface area contributed by atoms with E-state index in [1.54, 1.807) is 36.4 Å². The molecule has 7 heteroatoms. The lowest BCUT2D eigenvalue weighted by molar-refractivity contribution is -0.119. The van der Waals surface area contributed by atoms with Crippen molar-refractivity contribution in [3.63, 3.8) is 0 Å². The van der Waals surface area contributed by atoms with Crippen LogP contribution >= 0.6 is 0 Å². The van der Waals surface area contributed by atoms with E-state index in [2.05, 4.69) is 16.0 Å². The minimum absolute atomic E-state index is 0.00299. The van der Waals surface area contributed by atoms with Gasteiger partial charge in [-0.2, -0.15) is 0 Å². The summed E-state index contributed by atoms with van der Waals surface area (Å²) >= 11 is 0. The number of hydrogen-bond acceptors (Lipinski definition) is 5. The number of methoxy groups -OCH3 is 1. The highest BCUT2D eigenvalue weighted by Gasteiger charge is 2.30. The Balaban J connectivity index is 2.17. The van der Waals surface area contributed by atoms with Gasteiger partial charge in [0.05, 0.1) is 13.2 Å². The Labute approximate surface area is 150 Å². The topological polar surface area (TPSA) is 99.7 Å². The van der Waals surface area contributed by atoms with Crippen molar-refractivity contribution < 1.29 is 19.4 Å². The van der Waals surface area contributed by atoms with Crippen LogP contribution in [0.2, 0.25) is 0 Å². The van der Waals surface area contributed by atoms with Crippen LogP contribution in [0.1, 0.15) is 24.1 Å². The summed E-state index contributed by atoms with van der Waals surface area (Å²) in [6.45, 7) is 1.32. The second-order valence-electron chi connectivity index (χ2n) is 5.77. The Morgan fingerprint density at radius 1 is 1.12 bits per heavy atom. The fourth-order valence-corrected chi connectivity index (χ4v) is 2.86. The number of phenols is 1. The molecule has 2 aromatic carbocycles. The van der Waals surface area contributed by atoms with Gasteiger partial charge in [-0.1, -0.05) is 36.4 Å². The van der Waals surface area contributed by atoms with Gasteiger partial charge in [-0.15, -0.1) is 0 Å². The average molecular weight is 353 g/mol. The van der Waals surface area contributed by atoms with Gasteiger partial charge in [0, 0.05) is 23.7 Å². The number of carbonyl (C=O) groups excluding carboxylic acids is 2. The first-order chi connectivity index (χ1) is 12.5. The number of hydrogen-bond donors (Lipinski definition) is 4. The molecule has 0 saturated heterocycles. The summed E-state index contributed by atoms with van der Waals surface area (Å²) < 4.78 is 5.20. The van der Waals surface area contributed by atoms with Crippen molar-refractivity contribution in [2.24, 2.45) is 0 Å². The number of carbonyl (C=O) groups is 2. The van der Waals surface area contributed by atoms with Crippen molar-refractivity contribution in [3.8, 4) is 5.75 Å². The van der Waals surface area contributed by atoms with Crippen LogP contribution < -0.4 is 16.0 Å². The molecular formula is C19H19N3O4. The van der Waals surface area contributed by atoms with Crippen LogP contribution in [0.3, 0.4) is 0 Å². The summed E-state index contributed by atoms with van der Waals surface area (Å²) in [6.07, 6.45) is 0. The van der Waals surface area contributed by atoms with E-state index in [4.69, 9.17) is 4.74 Å². The van der Waals surface area contributed by atoms with Crippen LogP contribution in [0.5, 0.6) is 5.75 Å². The van der Waals surface area contributed by atoms with Crippen LogP contribution in [-0.4, -0.2) is 24.0 Å². The Kier molecular flexibility index (Phi) is 4.79. The number of aromatic hydroxyl groups is 1. The standard InChI is InChI=1S/C19H19N3O4/c1-11(23)20-19(26-2)17-18(25)21-14-9-5-3-7-12(14)16(22-17)13-8-4-6-10-15(13)24/h3-10,16,22,24H,1-2H3,(H,20,23)(H,21,25)/b19-17+/t16-/m1/s1. The monoisotopic (exact) mass is 353 g/mol. The van der Waals surface area contributed by atoms with Crippen molar-refractivity contribution in [1.29, 1.82) is 0 Å². The van der Waals surface area contributed by atoms with Gasteiger partial charge in [-0.3, -0.25) is 14.9 Å². The Morgan fingerprint density at radius 2 is 1.77 bits per heavy atom. The van der Waals surface area contributed by atoms with E-state index in [0.717, 1.165) is 5.56 Å². The van der Waals surface area contributed by atoms with Crippen LogP contribution in [-0.2, 0) is 14.3 Å². The lowest BCUT2D eigenvalue weighted by Crippen LogP contribution is -2.33. The number of ether oxygens (including phenoxy) is 1. The predicted molar refractivity (Wildman–Crippen MR) is 96.0 cm³/mol. The molecule has 0 spiro atoms. The van der Waals surface area contributed by atoms with Crippen LogP contribution in [0, 0.1) is 0 Å². The molecule has 0 saturated carbocycles. The van der Waals surface area contributed by atoms with Gasteiger partial charge in [0.2, 0.25) is 11.8 Å². The number of anilines is 1. The third-order valence-electron chi connectivity index (χ3n) is 4.00. The number of para-hydroxylation sites is 2. The lowest BCUT2D eigenvalue weighted by atomic mass is 9.96. The smallest absolute Gasteiger partial charge is 0.277 e. The molecule has 1 aliphatic rings. The third-order valence-corrected chi connectivity index (χ3v) is 4.00. The fourth-order valence-electron chi connectivity index (χ4n) is 2.86. The minimum atomic E-state index is -0.528. The average Bonchev–Trinajstić information content (AvgIpc) is 2.76. The number of phenolic OH excluding ortho intramolecular Hbond substituents is 1. The van der Waals surface area contributed by atoms with Crippen LogP contribution in [0.25, 0.3) is 0 Å². The molecule has 4 N–H and O–H groups in total. The molecule has 0 aliphatic carbocycles. The Bertz CT molecular complexity index is 892. The molecule has 7 nitrogen and oxygen atoms in total. The van der Waals surface area contributed by atoms with E-state index in [1.165, 1.54) is 14.0 Å². The zero-order valence-corrected chi connectivity index (χ0v) is 14.4. The largest absolute Gasteiger partial charge is 0.508 e. The molecule has 1 aliphatic heterocycles. The summed E-state index contributed by atoms with van der Waals surface area (Å²) in [5.41, 5.74) is 2.03. The summed E-state index contributed by atoms with van der Waals surface area (Å²) in [4.78, 5) is 24.1. The first-order valence-corrected chi connectivity index (χ1v) is 8.01. The normalized spacial score (nSPS) is 17.9. The molecule has 134 valence electrons. The summed E-state index contributed by atoms with van der Waals surface area (Å²) in [6, 6.07) is 13.6. The molecule has 2 aromatic rings. The van der Waals surface area contributed by atoms with Gasteiger partial charge in [0.15, 0.2) is 5.70 Å². The van der Waals surface area contributed by atoms with Crippen molar-refractivity contribution in [3.05, 3.63) is 71.2 Å². The maximum atomic E-state index is 12.7. The fraction of sp³-hybridized carbons (Fsp3) is 0.158. The third kappa shape index (κ3) is 3.32. The van der Waals surface area contributed by atoms with Gasteiger partial charge in [-0.05, 0) is 12.1 Å². The molecule has 0 bridgehead atoms. The van der Waals surface area contributed by atoms with Crippen molar-refractivity contribution >= 4 is 17.5 Å². The highest BCUT2D eigenvalue weighted by molar-refractivity contribution is 6.05. The molecule has 1 atom stereocenters. The Hall–Kier alpha value is -3.48. The predicted octanol–water partition coefficient (Wildman–Crippen LogP) is 1.97. The Morgan fingerprint density at radius 3 is 2.42 bits per heavy atom. The van der Waals surface area contributed by atoms with E-state index in [0.29, 0.717) is 11.3 Å². The minimum Gasteiger partial charge on any atom is -0.508 e. The van der Waals surface area contributed by atoms with E-state index in [1.807, 2.05) is 12.1 Å². The van der Waals surface area contributed by atoms with Gasteiger partial charge >= 0.3 is 0 Å². The summed E-state index contributed by atoms with van der Waals surface area (Å²) in [7, 11) is 1.36. The molecule has 0 unspecified atom stereocenters. The van der Waals surface area contributed by atoms with Crippen molar-refractivity contribution in [2.45, 2.75) is 13.0 Å². The second-order valence-corrected chi connectivity index (χ2v) is 5.77. The molecule has 3 rings (SSSR count). The lowest BCUT2D eigenvalue weighted by Gasteiger charge is -2.22. The molecule has 0 aromatic heterocycles. The van der Waals surface area contributed by atoms with Gasteiger partial charge < -0.3 is 20.5 Å². The van der Waals surface area contributed by atoms with E-state index >= 15 is 0 Å². The molecule has 0 fully saturated rings. The number of amides is 2. The zero-order chi connectivity index (χ0) is 18.7. The highest BCUT2D eigenvalue weighted by atomic mass is 16.5. The quantitative estimate of drug-likeness (QED) is 0.499. The van der Waals surface area contributed by atoms with Gasteiger partial charge in [0.1, 0.15) is 5.75 Å². The molecule has 26 heavy (non-hydrogen) atoms. The number of benzene rings is 2. The molecule has 0 radical (unpaired) electrons. The van der Waals surface area contributed by atoms with E-state index in [-0.39, 0.29) is 23.2 Å². The van der Waals surface area contributed by atoms with Gasteiger partial charge in [-0.25, -0.2) is 0 Å². The second kappa shape index (κ2) is 7.18. The van der Waals surface area contributed by atoms with Crippen molar-refractivity contribution in [2.75, 3.05) is 12.4 Å². The molecular weight excluding hydrogens is 334 g/mol. The maximum absolute atomic E-state index is 12.7. The first-order valence-electron chi connectivity index (χ1n) is 8.01. The van der Waals surface area contributed by atoms with Crippen LogP contribution in [0.15, 0.2) is 60.1 Å². The van der Waals surface area contributed by atoms with E-state index < -0.39 is 11.9 Å². The summed E-state index contributed by atoms with van der Waals surface area (Å²) in [5.74, 6) is -0.735. The van der Waals surface area contributed by atoms with Gasteiger partial charge in [0.25, 0.3) is 5.91 Å².